The normalized spacial score (nSPS) is 22.3. The van der Waals surface area contributed by atoms with Crippen LogP contribution in [-0.4, -0.2) is 43.1 Å². The monoisotopic (exact) mass is 301 g/mol. The Bertz CT molecular complexity index is 528. The number of nitrogens with two attached hydrogens (primary N) is 1. The number of aromatic nitrogens is 1. The van der Waals surface area contributed by atoms with E-state index in [1.54, 1.807) is 18.0 Å². The molecule has 19 heavy (non-hydrogen) atoms. The smallest absolute Gasteiger partial charge is 0.169 e. The first-order valence-electron chi connectivity index (χ1n) is 6.14. The number of thioether (sulfide) groups is 1. The van der Waals surface area contributed by atoms with Gasteiger partial charge in [-0.25, -0.2) is 13.4 Å². The predicted molar refractivity (Wildman–Crippen MR) is 80.1 cm³/mol. The molecule has 106 valence electrons. The van der Waals surface area contributed by atoms with E-state index in [1.165, 1.54) is 6.26 Å². The zero-order chi connectivity index (χ0) is 14.0. The summed E-state index contributed by atoms with van der Waals surface area (Å²) in [7, 11) is -3.11. The van der Waals surface area contributed by atoms with Crippen LogP contribution in [0, 0.1) is 0 Å². The standard InChI is InChI=1S/C12H19N3O2S2/c1-9(13)10-3-4-11(14-7-10)15-5-6-18-8-12(15)19(2,16)17/h3-4,7,9,12H,5-6,8,13H2,1-2H3/t9-,12?/m1/s1. The van der Waals surface area contributed by atoms with E-state index in [-0.39, 0.29) is 6.04 Å². The Hall–Kier alpha value is -0.790. The topological polar surface area (TPSA) is 76.3 Å². The van der Waals surface area contributed by atoms with Gasteiger partial charge in [0.1, 0.15) is 11.2 Å². The summed E-state index contributed by atoms with van der Waals surface area (Å²) < 4.78 is 23.7. The van der Waals surface area contributed by atoms with E-state index in [9.17, 15) is 8.42 Å². The molecule has 0 radical (unpaired) electrons. The molecule has 2 heterocycles. The van der Waals surface area contributed by atoms with Crippen LogP contribution in [0.3, 0.4) is 0 Å². The highest BCUT2D eigenvalue weighted by atomic mass is 32.2. The lowest BCUT2D eigenvalue weighted by atomic mass is 10.1. The number of hydrogen-bond acceptors (Lipinski definition) is 6. The molecule has 1 aliphatic rings. The third-order valence-corrected chi connectivity index (χ3v) is 5.81. The molecule has 0 aromatic carbocycles. The van der Waals surface area contributed by atoms with E-state index in [1.807, 2.05) is 24.0 Å². The molecule has 2 rings (SSSR count). The molecule has 0 spiro atoms. The van der Waals surface area contributed by atoms with E-state index in [0.717, 1.165) is 11.3 Å². The zero-order valence-corrected chi connectivity index (χ0v) is 12.7. The minimum absolute atomic E-state index is 0.0656. The molecular weight excluding hydrogens is 282 g/mol. The molecule has 0 aliphatic carbocycles. The van der Waals surface area contributed by atoms with Crippen LogP contribution in [0.15, 0.2) is 18.3 Å². The van der Waals surface area contributed by atoms with Crippen LogP contribution in [0.25, 0.3) is 0 Å². The molecule has 2 atom stereocenters. The maximum Gasteiger partial charge on any atom is 0.169 e. The van der Waals surface area contributed by atoms with E-state index in [4.69, 9.17) is 5.73 Å². The molecule has 1 aliphatic heterocycles. The van der Waals surface area contributed by atoms with E-state index >= 15 is 0 Å². The quantitative estimate of drug-likeness (QED) is 0.898. The highest BCUT2D eigenvalue weighted by molar-refractivity contribution is 8.01. The molecular formula is C12H19N3O2S2. The van der Waals surface area contributed by atoms with Gasteiger partial charge in [0.25, 0.3) is 0 Å². The van der Waals surface area contributed by atoms with Crippen molar-refractivity contribution in [3.05, 3.63) is 23.9 Å². The van der Waals surface area contributed by atoms with Crippen molar-refractivity contribution >= 4 is 27.4 Å². The SMILES string of the molecule is C[C@@H](N)c1ccc(N2CCSCC2S(C)(=O)=O)nc1. The summed E-state index contributed by atoms with van der Waals surface area (Å²) in [5.74, 6) is 2.22. The van der Waals surface area contributed by atoms with E-state index in [0.29, 0.717) is 18.1 Å². The van der Waals surface area contributed by atoms with Crippen molar-refractivity contribution in [2.45, 2.75) is 18.3 Å². The van der Waals surface area contributed by atoms with Gasteiger partial charge >= 0.3 is 0 Å². The summed E-state index contributed by atoms with van der Waals surface area (Å²) >= 11 is 1.67. The fourth-order valence-corrected chi connectivity index (χ4v) is 4.86. The van der Waals surface area contributed by atoms with Crippen molar-refractivity contribution in [2.24, 2.45) is 5.73 Å². The molecule has 1 unspecified atom stereocenters. The van der Waals surface area contributed by atoms with Gasteiger partial charge in [-0.15, -0.1) is 0 Å². The average molecular weight is 301 g/mol. The number of hydrogen-bond donors (Lipinski definition) is 1. The number of anilines is 1. The fourth-order valence-electron chi connectivity index (χ4n) is 2.03. The summed E-state index contributed by atoms with van der Waals surface area (Å²) in [5, 5.41) is -0.486. The lowest BCUT2D eigenvalue weighted by Gasteiger charge is -2.35. The fraction of sp³-hybridized carbons (Fsp3) is 0.583. The molecule has 0 amide bonds. The largest absolute Gasteiger partial charge is 0.338 e. The third kappa shape index (κ3) is 3.40. The van der Waals surface area contributed by atoms with Gasteiger partial charge in [0.15, 0.2) is 9.84 Å². The summed E-state index contributed by atoms with van der Waals surface area (Å²) in [6.07, 6.45) is 3.01. The molecule has 5 nitrogen and oxygen atoms in total. The van der Waals surface area contributed by atoms with Gasteiger partial charge in [0.05, 0.1) is 0 Å². The van der Waals surface area contributed by atoms with Crippen molar-refractivity contribution in [1.82, 2.24) is 4.98 Å². The van der Waals surface area contributed by atoms with Crippen molar-refractivity contribution in [3.8, 4) is 0 Å². The minimum Gasteiger partial charge on any atom is -0.338 e. The third-order valence-electron chi connectivity index (χ3n) is 3.17. The number of pyridine rings is 1. The van der Waals surface area contributed by atoms with Crippen molar-refractivity contribution in [2.75, 3.05) is 29.2 Å². The molecule has 0 saturated carbocycles. The summed E-state index contributed by atoms with van der Waals surface area (Å²) in [6, 6.07) is 3.70. The van der Waals surface area contributed by atoms with Crippen LogP contribution in [0.1, 0.15) is 18.5 Å². The molecule has 2 N–H and O–H groups in total. The Morgan fingerprint density at radius 2 is 2.26 bits per heavy atom. The van der Waals surface area contributed by atoms with E-state index < -0.39 is 15.2 Å². The number of rotatable bonds is 3. The zero-order valence-electron chi connectivity index (χ0n) is 11.1. The predicted octanol–water partition coefficient (Wildman–Crippen LogP) is 1.03. The Balaban J connectivity index is 2.27. The van der Waals surface area contributed by atoms with Gasteiger partial charge in [-0.2, -0.15) is 11.8 Å². The Labute approximate surface area is 118 Å². The van der Waals surface area contributed by atoms with Crippen LogP contribution in [-0.2, 0) is 9.84 Å². The highest BCUT2D eigenvalue weighted by Gasteiger charge is 2.31. The highest BCUT2D eigenvalue weighted by Crippen LogP contribution is 2.25. The van der Waals surface area contributed by atoms with Crippen LogP contribution >= 0.6 is 11.8 Å². The van der Waals surface area contributed by atoms with Gasteiger partial charge in [-0.3, -0.25) is 0 Å². The summed E-state index contributed by atoms with van der Waals surface area (Å²) in [4.78, 5) is 6.23. The van der Waals surface area contributed by atoms with Crippen LogP contribution < -0.4 is 10.6 Å². The molecule has 1 aromatic rings. The maximum absolute atomic E-state index is 11.8. The minimum atomic E-state index is -3.11. The average Bonchev–Trinajstić information content (AvgIpc) is 2.38. The summed E-state index contributed by atoms with van der Waals surface area (Å²) in [6.45, 7) is 2.60. The maximum atomic E-state index is 11.8. The first kappa shape index (κ1) is 14.6. The molecule has 7 heteroatoms. The Kier molecular flexibility index (Phi) is 4.37. The van der Waals surface area contributed by atoms with Crippen molar-refractivity contribution in [1.29, 1.82) is 0 Å². The number of sulfone groups is 1. The van der Waals surface area contributed by atoms with Gasteiger partial charge in [0.2, 0.25) is 0 Å². The van der Waals surface area contributed by atoms with Gasteiger partial charge in [0, 0.05) is 36.5 Å². The van der Waals surface area contributed by atoms with Gasteiger partial charge < -0.3 is 10.6 Å². The second-order valence-electron chi connectivity index (χ2n) is 4.79. The Morgan fingerprint density at radius 1 is 1.53 bits per heavy atom. The molecule has 1 fully saturated rings. The lowest BCUT2D eigenvalue weighted by molar-refractivity contribution is 0.583. The van der Waals surface area contributed by atoms with Crippen LogP contribution in [0.5, 0.6) is 0 Å². The molecule has 0 bridgehead atoms. The van der Waals surface area contributed by atoms with Crippen molar-refractivity contribution < 1.29 is 8.42 Å². The number of nitrogens with zero attached hydrogens (tertiary/aromatic N) is 2. The summed E-state index contributed by atoms with van der Waals surface area (Å²) in [5.41, 5.74) is 6.74. The van der Waals surface area contributed by atoms with Gasteiger partial charge in [-0.1, -0.05) is 6.07 Å². The first-order chi connectivity index (χ1) is 8.89. The van der Waals surface area contributed by atoms with Crippen molar-refractivity contribution in [3.63, 3.8) is 0 Å². The Morgan fingerprint density at radius 3 is 2.79 bits per heavy atom. The second kappa shape index (κ2) is 5.68. The van der Waals surface area contributed by atoms with Gasteiger partial charge in [-0.05, 0) is 18.6 Å². The first-order valence-corrected chi connectivity index (χ1v) is 9.25. The van der Waals surface area contributed by atoms with E-state index in [2.05, 4.69) is 4.98 Å². The molecule has 1 saturated heterocycles. The lowest BCUT2D eigenvalue weighted by Crippen LogP contribution is -2.47. The van der Waals surface area contributed by atoms with Crippen LogP contribution in [0.2, 0.25) is 0 Å². The molecule has 1 aromatic heterocycles. The second-order valence-corrected chi connectivity index (χ2v) is 8.14. The van der Waals surface area contributed by atoms with Crippen LogP contribution in [0.4, 0.5) is 5.82 Å².